The van der Waals surface area contributed by atoms with Crippen LogP contribution >= 0.6 is 0 Å². The number of Topliss-reactive ketones (excluding diaryl/α,β-unsaturated/α-hetero) is 4. The maximum atomic E-state index is 13.3. The smallest absolute Gasteiger partial charge is 0.233 e. The molecule has 0 radical (unpaired) electrons. The Balaban J connectivity index is 0.000000156. The molecule has 0 saturated heterocycles. The molecule has 12 nitrogen and oxygen atoms in total. The number of carbonyl (C=O) groups excluding carboxylic acids is 7. The highest BCUT2D eigenvalue weighted by Gasteiger charge is 2.49. The van der Waals surface area contributed by atoms with Gasteiger partial charge in [-0.3, -0.25) is 33.6 Å². The molecular weight excluding hydrogens is 767 g/mol. The first-order valence-corrected chi connectivity index (χ1v) is 19.3. The zero-order valence-corrected chi connectivity index (χ0v) is 34.2. The monoisotopic (exact) mass is 811 g/mol. The zero-order valence-electron chi connectivity index (χ0n) is 34.2. The van der Waals surface area contributed by atoms with Crippen LogP contribution in [0.1, 0.15) is 112 Å². The molecule has 3 heterocycles. The van der Waals surface area contributed by atoms with E-state index in [4.69, 9.17) is 9.15 Å². The van der Waals surface area contributed by atoms with Crippen LogP contribution in [-0.4, -0.2) is 65.1 Å². The predicted molar refractivity (Wildman–Crippen MR) is 220 cm³/mol. The first kappa shape index (κ1) is 42.7. The van der Waals surface area contributed by atoms with E-state index in [1.165, 1.54) is 18.6 Å². The van der Waals surface area contributed by atoms with E-state index in [0.717, 1.165) is 18.2 Å². The number of nitrogens with zero attached hydrogens (tertiary/aromatic N) is 1. The van der Waals surface area contributed by atoms with Gasteiger partial charge in [-0.15, -0.1) is 0 Å². The van der Waals surface area contributed by atoms with Gasteiger partial charge in [-0.05, 0) is 41.5 Å². The predicted octanol–water partition coefficient (Wildman–Crippen LogP) is 8.63. The average molecular weight is 812 g/mol. The van der Waals surface area contributed by atoms with Crippen molar-refractivity contribution in [1.29, 1.82) is 0 Å². The molecule has 0 spiro atoms. The highest BCUT2D eigenvalue weighted by atomic mass is 16.5. The number of aldehydes is 1. The van der Waals surface area contributed by atoms with Gasteiger partial charge in [0.2, 0.25) is 17.3 Å². The molecule has 1 unspecified atom stereocenters. The molecule has 5 aliphatic rings. The molecule has 308 valence electrons. The van der Waals surface area contributed by atoms with Gasteiger partial charge < -0.3 is 23.6 Å². The number of fused-ring (bicyclic) bond motifs is 2. The van der Waals surface area contributed by atoms with E-state index in [1.807, 2.05) is 32.8 Å². The second-order valence-electron chi connectivity index (χ2n) is 16.7. The first-order chi connectivity index (χ1) is 28.4. The summed E-state index contributed by atoms with van der Waals surface area (Å²) in [5.41, 5.74) is 3.01. The summed E-state index contributed by atoms with van der Waals surface area (Å²) >= 11 is 0. The molecule has 0 fully saturated rings. The van der Waals surface area contributed by atoms with E-state index in [0.29, 0.717) is 65.1 Å². The number of aliphatic hydroxyl groups is 1. The molecule has 9 rings (SSSR count). The van der Waals surface area contributed by atoms with Crippen LogP contribution in [0.5, 0.6) is 0 Å². The van der Waals surface area contributed by atoms with Crippen molar-refractivity contribution in [1.82, 2.24) is 4.90 Å². The molecule has 12 heteroatoms. The number of carbonyl (C=O) groups is 7. The molecule has 4 aromatic rings. The Hall–Kier alpha value is -6.95. The molecule has 1 aliphatic heterocycles. The number of benzene rings is 2. The van der Waals surface area contributed by atoms with Crippen LogP contribution < -0.4 is 0 Å². The lowest BCUT2D eigenvalue weighted by Crippen LogP contribution is -2.37. The van der Waals surface area contributed by atoms with Crippen LogP contribution in [0, 0.1) is 10.8 Å². The summed E-state index contributed by atoms with van der Waals surface area (Å²) in [4.78, 5) is 84.9. The van der Waals surface area contributed by atoms with E-state index in [2.05, 4.69) is 18.3 Å². The molecule has 0 bridgehead atoms. The lowest BCUT2D eigenvalue weighted by Gasteiger charge is -2.39. The van der Waals surface area contributed by atoms with Crippen molar-refractivity contribution in [2.45, 2.75) is 59.3 Å². The van der Waals surface area contributed by atoms with Crippen molar-refractivity contribution in [2.24, 2.45) is 10.8 Å². The maximum Gasteiger partial charge on any atom is 0.233 e. The topological polar surface area (TPSA) is 178 Å². The Morgan fingerprint density at radius 3 is 1.78 bits per heavy atom. The van der Waals surface area contributed by atoms with Crippen molar-refractivity contribution in [3.05, 3.63) is 160 Å². The van der Waals surface area contributed by atoms with E-state index < -0.39 is 17.5 Å². The van der Waals surface area contributed by atoms with E-state index in [9.17, 15) is 38.7 Å². The summed E-state index contributed by atoms with van der Waals surface area (Å²) < 4.78 is 16.2. The van der Waals surface area contributed by atoms with Gasteiger partial charge in [-0.1, -0.05) is 76.2 Å². The van der Waals surface area contributed by atoms with Gasteiger partial charge in [0.15, 0.2) is 35.2 Å². The number of hydrogen-bond acceptors (Lipinski definition) is 12. The largest absolute Gasteiger partial charge is 0.507 e. The number of aliphatic hydroxyl groups excluding tert-OH is 1. The first-order valence-electron chi connectivity index (χ1n) is 19.3. The van der Waals surface area contributed by atoms with Crippen LogP contribution in [0.25, 0.3) is 5.76 Å². The molecule has 0 amide bonds. The van der Waals surface area contributed by atoms with Gasteiger partial charge in [0.05, 0.1) is 24.0 Å². The molecule has 2 aromatic carbocycles. The van der Waals surface area contributed by atoms with Crippen molar-refractivity contribution >= 4 is 46.7 Å². The standard InChI is InChI=1S/C23H18O5.C10H17NO.C10H6O3.C5H4O2/c1-23(2)10-14(24)17-16(11-23)28-22-19(18(17)15-8-5-9-27-15)20(25)12-6-3-4-7-13(12)21(22)26;1-10(2)6-8(11(3)4)5-9(12)7-10;11-8-5-9(12)10(13)7-4-2-1-3-6(7)8;6-4-5-2-1-3-7-5/h3-9,18H,10-11H2,1-2H3;5H,6-7H2,1-4H3;1-5,11H;1-4H. The van der Waals surface area contributed by atoms with E-state index >= 15 is 0 Å². The van der Waals surface area contributed by atoms with Gasteiger partial charge in [0, 0.05) is 79.0 Å². The summed E-state index contributed by atoms with van der Waals surface area (Å²) in [6.07, 6.45) is 8.92. The van der Waals surface area contributed by atoms with Crippen molar-refractivity contribution < 1.29 is 52.2 Å². The fourth-order valence-corrected chi connectivity index (χ4v) is 7.70. The summed E-state index contributed by atoms with van der Waals surface area (Å²) in [6.45, 7) is 8.27. The third kappa shape index (κ3) is 9.02. The van der Waals surface area contributed by atoms with Gasteiger partial charge in [-0.2, -0.15) is 0 Å². The molecule has 0 saturated carbocycles. The van der Waals surface area contributed by atoms with Crippen LogP contribution in [-0.2, 0) is 19.1 Å². The Kier molecular flexibility index (Phi) is 12.2. The van der Waals surface area contributed by atoms with Crippen LogP contribution in [0.15, 0.2) is 135 Å². The number of ether oxygens (including phenoxy) is 1. The fourth-order valence-electron chi connectivity index (χ4n) is 7.70. The van der Waals surface area contributed by atoms with Gasteiger partial charge in [0.1, 0.15) is 17.3 Å². The Morgan fingerprint density at radius 2 is 1.23 bits per heavy atom. The molecule has 2 aromatic heterocycles. The SMILES string of the molecule is CC1(C)CC(=O)C2=C(C1)OC1=C(C(=O)c3ccccc3C1=O)C2c1ccco1.CN(C)C1=CC(=O)CC(C)(C)C1.O=C1C=C(O)c2ccccc2C1=O.O=Cc1ccco1. The zero-order chi connectivity index (χ0) is 43.5. The third-order valence-corrected chi connectivity index (χ3v) is 10.4. The lowest BCUT2D eigenvalue weighted by atomic mass is 9.68. The number of rotatable bonds is 3. The average Bonchev–Trinajstić information content (AvgIpc) is 3.94. The van der Waals surface area contributed by atoms with Crippen LogP contribution in [0.2, 0.25) is 0 Å². The Labute approximate surface area is 346 Å². The molecule has 4 aliphatic carbocycles. The molecule has 1 N–H and O–H groups in total. The Morgan fingerprint density at radius 1 is 0.650 bits per heavy atom. The molecular formula is C48H45NO11. The van der Waals surface area contributed by atoms with Crippen LogP contribution in [0.4, 0.5) is 0 Å². The number of hydrogen-bond donors (Lipinski definition) is 1. The van der Waals surface area contributed by atoms with Gasteiger partial charge >= 0.3 is 0 Å². The number of allylic oxidation sites excluding steroid dienone is 7. The highest BCUT2D eigenvalue weighted by molar-refractivity contribution is 6.50. The maximum absolute atomic E-state index is 13.3. The summed E-state index contributed by atoms with van der Waals surface area (Å²) in [5, 5.41) is 9.34. The summed E-state index contributed by atoms with van der Waals surface area (Å²) in [6, 6.07) is 19.9. The quantitative estimate of drug-likeness (QED) is 0.154. The van der Waals surface area contributed by atoms with E-state index in [-0.39, 0.29) is 56.6 Å². The second-order valence-corrected chi connectivity index (χ2v) is 16.7. The van der Waals surface area contributed by atoms with E-state index in [1.54, 1.807) is 72.8 Å². The highest BCUT2D eigenvalue weighted by Crippen LogP contribution is 2.51. The van der Waals surface area contributed by atoms with Crippen molar-refractivity contribution in [3.8, 4) is 0 Å². The number of ketones is 6. The Bertz CT molecular complexity index is 2520. The second kappa shape index (κ2) is 17.1. The molecule has 60 heavy (non-hydrogen) atoms. The van der Waals surface area contributed by atoms with Crippen molar-refractivity contribution in [2.75, 3.05) is 14.1 Å². The van der Waals surface area contributed by atoms with Gasteiger partial charge in [0.25, 0.3) is 0 Å². The van der Waals surface area contributed by atoms with Crippen LogP contribution in [0.3, 0.4) is 0 Å². The summed E-state index contributed by atoms with van der Waals surface area (Å²) in [5.74, 6) is -1.19. The molecule has 1 atom stereocenters. The number of furan rings is 2. The lowest BCUT2D eigenvalue weighted by molar-refractivity contribution is -0.119. The van der Waals surface area contributed by atoms with Gasteiger partial charge in [-0.25, -0.2) is 0 Å². The minimum Gasteiger partial charge on any atom is -0.507 e. The third-order valence-electron chi connectivity index (χ3n) is 10.4. The summed E-state index contributed by atoms with van der Waals surface area (Å²) in [7, 11) is 3.97. The fraction of sp³-hybridized carbons (Fsp3) is 0.271. The normalized spacial score (nSPS) is 19.5. The minimum absolute atomic E-state index is 0.0225. The minimum atomic E-state index is -0.720. The van der Waals surface area contributed by atoms with Crippen molar-refractivity contribution in [3.63, 3.8) is 0 Å².